The second-order valence-electron chi connectivity index (χ2n) is 7.59. The fourth-order valence-corrected chi connectivity index (χ4v) is 4.97. The Bertz CT molecular complexity index is 202. The first-order chi connectivity index (χ1) is 11.3. The second-order valence-corrected chi connectivity index (χ2v) is 7.59. The van der Waals surface area contributed by atoms with E-state index in [1.54, 1.807) is 32.1 Å². The SMILES string of the molecule is CC.CC.CCCC(C)CC(C1CCCCC1)C1CCCCC1. The van der Waals surface area contributed by atoms with Crippen LogP contribution in [0.3, 0.4) is 0 Å². The molecule has 0 radical (unpaired) electrons. The maximum atomic E-state index is 2.52. The maximum absolute atomic E-state index is 2.52. The van der Waals surface area contributed by atoms with Gasteiger partial charge in [0.2, 0.25) is 0 Å². The Kier molecular flexibility index (Phi) is 15.5. The van der Waals surface area contributed by atoms with E-state index in [1.165, 1.54) is 51.4 Å². The highest BCUT2D eigenvalue weighted by molar-refractivity contribution is 4.82. The van der Waals surface area contributed by atoms with Gasteiger partial charge in [0.05, 0.1) is 0 Å². The fraction of sp³-hybridized carbons (Fsp3) is 1.00. The van der Waals surface area contributed by atoms with Crippen molar-refractivity contribution in [2.45, 2.75) is 125 Å². The van der Waals surface area contributed by atoms with Gasteiger partial charge in [-0.1, -0.05) is 119 Å². The lowest BCUT2D eigenvalue weighted by molar-refractivity contribution is 0.118. The fourth-order valence-electron chi connectivity index (χ4n) is 4.97. The minimum atomic E-state index is 0.971. The molecule has 2 rings (SSSR count). The van der Waals surface area contributed by atoms with Crippen molar-refractivity contribution in [2.75, 3.05) is 0 Å². The molecule has 23 heavy (non-hydrogen) atoms. The van der Waals surface area contributed by atoms with Crippen molar-refractivity contribution >= 4 is 0 Å². The molecule has 0 bridgehead atoms. The monoisotopic (exact) mass is 324 g/mol. The van der Waals surface area contributed by atoms with Crippen LogP contribution in [0.25, 0.3) is 0 Å². The van der Waals surface area contributed by atoms with E-state index in [0.717, 1.165) is 23.7 Å². The van der Waals surface area contributed by atoms with Gasteiger partial charge in [-0.2, -0.15) is 0 Å². The Morgan fingerprint density at radius 2 is 1.09 bits per heavy atom. The molecule has 2 fully saturated rings. The van der Waals surface area contributed by atoms with Crippen LogP contribution in [0, 0.1) is 23.7 Å². The molecule has 2 aliphatic rings. The molecule has 0 N–H and O–H groups in total. The summed E-state index contributed by atoms with van der Waals surface area (Å²) in [4.78, 5) is 0. The minimum Gasteiger partial charge on any atom is -0.0683 e. The molecule has 2 aliphatic carbocycles. The Balaban J connectivity index is 0.00000112. The first kappa shape index (κ1) is 23.0. The van der Waals surface area contributed by atoms with Crippen LogP contribution >= 0.6 is 0 Å². The smallest absolute Gasteiger partial charge is 0.0355 e. The molecule has 0 aromatic carbocycles. The lowest BCUT2D eigenvalue weighted by atomic mass is 9.66. The van der Waals surface area contributed by atoms with Crippen LogP contribution in [0.2, 0.25) is 0 Å². The van der Waals surface area contributed by atoms with Crippen molar-refractivity contribution < 1.29 is 0 Å². The Labute approximate surface area is 149 Å². The summed E-state index contributed by atoms with van der Waals surface area (Å²) >= 11 is 0. The van der Waals surface area contributed by atoms with Gasteiger partial charge in [-0.15, -0.1) is 0 Å². The predicted octanol–water partition coefficient (Wildman–Crippen LogP) is 8.64. The van der Waals surface area contributed by atoms with Crippen LogP contribution in [-0.4, -0.2) is 0 Å². The zero-order valence-corrected chi connectivity index (χ0v) is 17.5. The molecule has 2 saturated carbocycles. The van der Waals surface area contributed by atoms with Crippen LogP contribution in [0.5, 0.6) is 0 Å². The third-order valence-electron chi connectivity index (χ3n) is 5.97. The molecule has 0 aliphatic heterocycles. The molecule has 0 aromatic rings. The summed E-state index contributed by atoms with van der Waals surface area (Å²) in [5.41, 5.74) is 0. The van der Waals surface area contributed by atoms with Gasteiger partial charge >= 0.3 is 0 Å². The van der Waals surface area contributed by atoms with Crippen LogP contribution in [-0.2, 0) is 0 Å². The van der Waals surface area contributed by atoms with Gasteiger partial charge in [0.25, 0.3) is 0 Å². The van der Waals surface area contributed by atoms with E-state index in [1.807, 2.05) is 27.7 Å². The average Bonchev–Trinajstić information content (AvgIpc) is 2.65. The zero-order chi connectivity index (χ0) is 17.5. The molecule has 0 amide bonds. The first-order valence-electron chi connectivity index (χ1n) is 11.3. The van der Waals surface area contributed by atoms with E-state index >= 15 is 0 Å². The van der Waals surface area contributed by atoms with Crippen LogP contribution in [0.1, 0.15) is 125 Å². The largest absolute Gasteiger partial charge is 0.0683 e. The van der Waals surface area contributed by atoms with Gasteiger partial charge in [0, 0.05) is 0 Å². The maximum Gasteiger partial charge on any atom is -0.0355 e. The van der Waals surface area contributed by atoms with E-state index in [4.69, 9.17) is 0 Å². The highest BCUT2D eigenvalue weighted by Crippen LogP contribution is 2.43. The van der Waals surface area contributed by atoms with Gasteiger partial charge in [0.15, 0.2) is 0 Å². The molecule has 0 heterocycles. The van der Waals surface area contributed by atoms with E-state index in [2.05, 4.69) is 13.8 Å². The lowest BCUT2D eigenvalue weighted by Gasteiger charge is -2.39. The second kappa shape index (κ2) is 15.5. The summed E-state index contributed by atoms with van der Waals surface area (Å²) in [5.74, 6) is 4.24. The van der Waals surface area contributed by atoms with Gasteiger partial charge in [-0.05, 0) is 30.1 Å². The summed E-state index contributed by atoms with van der Waals surface area (Å²) in [5, 5.41) is 0. The quantitative estimate of drug-likeness (QED) is 0.458. The molecule has 0 spiro atoms. The Hall–Kier alpha value is 0. The molecule has 0 heteroatoms. The van der Waals surface area contributed by atoms with E-state index < -0.39 is 0 Å². The van der Waals surface area contributed by atoms with Crippen molar-refractivity contribution in [3.8, 4) is 0 Å². The molecule has 1 atom stereocenters. The van der Waals surface area contributed by atoms with Crippen molar-refractivity contribution in [3.63, 3.8) is 0 Å². The van der Waals surface area contributed by atoms with Gasteiger partial charge < -0.3 is 0 Å². The van der Waals surface area contributed by atoms with Crippen LogP contribution < -0.4 is 0 Å². The summed E-state index contributed by atoms with van der Waals surface area (Å²) in [6.07, 6.45) is 19.7. The molecular formula is C23H48. The number of hydrogen-bond donors (Lipinski definition) is 0. The Morgan fingerprint density at radius 3 is 1.43 bits per heavy atom. The highest BCUT2D eigenvalue weighted by atomic mass is 14.4. The van der Waals surface area contributed by atoms with Crippen molar-refractivity contribution in [2.24, 2.45) is 23.7 Å². The van der Waals surface area contributed by atoms with Crippen molar-refractivity contribution in [1.29, 1.82) is 0 Å². The predicted molar refractivity (Wildman–Crippen MR) is 108 cm³/mol. The first-order valence-corrected chi connectivity index (χ1v) is 11.3. The zero-order valence-electron chi connectivity index (χ0n) is 17.5. The molecule has 0 saturated heterocycles. The van der Waals surface area contributed by atoms with Gasteiger partial charge in [-0.3, -0.25) is 0 Å². The lowest BCUT2D eigenvalue weighted by Crippen LogP contribution is -2.28. The van der Waals surface area contributed by atoms with Crippen molar-refractivity contribution in [3.05, 3.63) is 0 Å². The third-order valence-corrected chi connectivity index (χ3v) is 5.97. The summed E-state index contributed by atoms with van der Waals surface area (Å²) in [7, 11) is 0. The Morgan fingerprint density at radius 1 is 0.696 bits per heavy atom. The summed E-state index contributed by atoms with van der Waals surface area (Å²) < 4.78 is 0. The van der Waals surface area contributed by atoms with E-state index in [-0.39, 0.29) is 0 Å². The van der Waals surface area contributed by atoms with E-state index in [9.17, 15) is 0 Å². The molecule has 140 valence electrons. The molecule has 0 aromatic heterocycles. The third kappa shape index (κ3) is 9.16. The molecule has 1 unspecified atom stereocenters. The van der Waals surface area contributed by atoms with Gasteiger partial charge in [0.1, 0.15) is 0 Å². The normalized spacial score (nSPS) is 21.0. The van der Waals surface area contributed by atoms with E-state index in [0.29, 0.717) is 0 Å². The molecule has 0 nitrogen and oxygen atoms in total. The minimum absolute atomic E-state index is 0.971. The highest BCUT2D eigenvalue weighted by Gasteiger charge is 2.32. The van der Waals surface area contributed by atoms with Gasteiger partial charge in [-0.25, -0.2) is 0 Å². The van der Waals surface area contributed by atoms with Crippen LogP contribution in [0.4, 0.5) is 0 Å². The number of hydrogen-bond acceptors (Lipinski definition) is 0. The van der Waals surface area contributed by atoms with Crippen LogP contribution in [0.15, 0.2) is 0 Å². The summed E-state index contributed by atoms with van der Waals surface area (Å²) in [6, 6.07) is 0. The average molecular weight is 325 g/mol. The van der Waals surface area contributed by atoms with Crippen molar-refractivity contribution in [1.82, 2.24) is 0 Å². The topological polar surface area (TPSA) is 0 Å². The summed E-state index contributed by atoms with van der Waals surface area (Å²) in [6.45, 7) is 12.9. The number of rotatable bonds is 6. The standard InChI is InChI=1S/C19H36.2C2H6/c1-3-10-16(2)15-19(17-11-6-4-7-12-17)18-13-8-5-9-14-18;2*1-2/h16-19H,3-15H2,1-2H3;2*1-2H3. The molecular weight excluding hydrogens is 276 g/mol.